The van der Waals surface area contributed by atoms with E-state index in [1.54, 1.807) is 12.1 Å². The maximum Gasteiger partial charge on any atom is 0.253 e. The smallest absolute Gasteiger partial charge is 0.253 e. The molecule has 0 N–H and O–H groups in total. The maximum atomic E-state index is 13.6. The van der Waals surface area contributed by atoms with E-state index in [0.717, 1.165) is 28.9 Å². The Hall–Kier alpha value is -4.06. The Morgan fingerprint density at radius 3 is 2.33 bits per heavy atom. The van der Waals surface area contributed by atoms with Gasteiger partial charge in [-0.15, -0.1) is 0 Å². The second kappa shape index (κ2) is 8.86. The molecule has 1 atom stereocenters. The van der Waals surface area contributed by atoms with Crippen molar-refractivity contribution in [2.45, 2.75) is 19.3 Å². The number of piperidine rings is 1. The first-order valence-electron chi connectivity index (χ1n) is 12.1. The molecular formula is C30H25F2N3O. The first-order valence-corrected chi connectivity index (χ1v) is 12.1. The van der Waals surface area contributed by atoms with Gasteiger partial charge in [0.2, 0.25) is 0 Å². The molecule has 1 aromatic heterocycles. The third-order valence-corrected chi connectivity index (χ3v) is 7.39. The maximum absolute atomic E-state index is 13.6. The summed E-state index contributed by atoms with van der Waals surface area (Å²) in [5, 5.41) is 4.63. The van der Waals surface area contributed by atoms with Gasteiger partial charge in [-0.25, -0.2) is 13.5 Å². The van der Waals surface area contributed by atoms with Gasteiger partial charge < -0.3 is 4.90 Å². The highest BCUT2D eigenvalue weighted by atomic mass is 19.1. The van der Waals surface area contributed by atoms with E-state index in [4.69, 9.17) is 0 Å². The standard InChI is InChI=1S/C30H25F2N3O/c31-25-8-6-21(7-9-25)17-30-18-23-19-33-35(27-12-10-26(32)11-13-27)28(23)16-24(30)14-15-34(20-30)29(36)22-4-2-1-3-5-22/h1-13,16,19H,14-15,17-18,20H2. The number of aromatic nitrogens is 2. The van der Waals surface area contributed by atoms with Crippen LogP contribution in [-0.4, -0.2) is 33.7 Å². The van der Waals surface area contributed by atoms with Crippen molar-refractivity contribution in [3.05, 3.63) is 125 Å². The van der Waals surface area contributed by atoms with Gasteiger partial charge in [-0.2, -0.15) is 5.10 Å². The molecule has 1 aliphatic heterocycles. The molecular weight excluding hydrogens is 456 g/mol. The number of amides is 1. The van der Waals surface area contributed by atoms with Crippen LogP contribution in [0.3, 0.4) is 0 Å². The van der Waals surface area contributed by atoms with Gasteiger partial charge in [-0.05, 0) is 85.0 Å². The Morgan fingerprint density at radius 2 is 1.61 bits per heavy atom. The molecule has 4 nitrogen and oxygen atoms in total. The van der Waals surface area contributed by atoms with E-state index in [1.807, 2.05) is 58.2 Å². The van der Waals surface area contributed by atoms with Crippen LogP contribution >= 0.6 is 0 Å². The van der Waals surface area contributed by atoms with Gasteiger partial charge in [-0.1, -0.05) is 35.9 Å². The molecule has 6 rings (SSSR count). The number of likely N-dealkylation sites (tertiary alicyclic amines) is 1. The van der Waals surface area contributed by atoms with Crippen LogP contribution in [0.2, 0.25) is 0 Å². The van der Waals surface area contributed by atoms with Crippen molar-refractivity contribution in [3.63, 3.8) is 0 Å². The summed E-state index contributed by atoms with van der Waals surface area (Å²) in [7, 11) is 0. The van der Waals surface area contributed by atoms with Gasteiger partial charge in [0.1, 0.15) is 11.6 Å². The molecule has 1 amide bonds. The van der Waals surface area contributed by atoms with Crippen molar-refractivity contribution in [3.8, 4) is 5.69 Å². The van der Waals surface area contributed by atoms with Gasteiger partial charge in [-0.3, -0.25) is 4.79 Å². The minimum atomic E-state index is -0.315. The molecule has 0 spiro atoms. The predicted molar refractivity (Wildman–Crippen MR) is 135 cm³/mol. The highest BCUT2D eigenvalue weighted by Gasteiger charge is 2.44. The Bertz CT molecular complexity index is 1440. The lowest BCUT2D eigenvalue weighted by atomic mass is 9.65. The van der Waals surface area contributed by atoms with Crippen molar-refractivity contribution in [2.24, 2.45) is 5.41 Å². The van der Waals surface area contributed by atoms with E-state index in [1.165, 1.54) is 29.8 Å². The summed E-state index contributed by atoms with van der Waals surface area (Å²) in [6, 6.07) is 22.3. The first kappa shape index (κ1) is 22.4. The minimum absolute atomic E-state index is 0.0286. The first-order chi connectivity index (χ1) is 17.5. The van der Waals surface area contributed by atoms with Gasteiger partial charge in [0.25, 0.3) is 5.91 Å². The lowest BCUT2D eigenvalue weighted by Gasteiger charge is -2.47. The fourth-order valence-electron chi connectivity index (χ4n) is 5.62. The summed E-state index contributed by atoms with van der Waals surface area (Å²) in [6.45, 7) is 1.20. The molecule has 1 aliphatic carbocycles. The molecule has 0 bridgehead atoms. The lowest BCUT2D eigenvalue weighted by molar-refractivity contribution is 0.0627. The monoisotopic (exact) mass is 481 g/mol. The largest absolute Gasteiger partial charge is 0.337 e. The van der Waals surface area contributed by atoms with Crippen LogP contribution in [0.4, 0.5) is 8.78 Å². The molecule has 3 aromatic carbocycles. The van der Waals surface area contributed by atoms with Crippen molar-refractivity contribution in [1.82, 2.24) is 14.7 Å². The van der Waals surface area contributed by atoms with E-state index in [-0.39, 0.29) is 23.0 Å². The zero-order valence-electron chi connectivity index (χ0n) is 19.7. The summed E-state index contributed by atoms with van der Waals surface area (Å²) in [5.41, 5.74) is 5.54. The van der Waals surface area contributed by atoms with E-state index in [2.05, 4.69) is 11.2 Å². The Labute approximate surface area is 208 Å². The number of hydrogen-bond donors (Lipinski definition) is 0. The zero-order valence-corrected chi connectivity index (χ0v) is 19.7. The van der Waals surface area contributed by atoms with Gasteiger partial charge in [0.05, 0.1) is 17.6 Å². The molecule has 2 heterocycles. The summed E-state index contributed by atoms with van der Waals surface area (Å²) in [6.07, 6.45) is 6.22. The fourth-order valence-corrected chi connectivity index (χ4v) is 5.62. The Morgan fingerprint density at radius 1 is 0.917 bits per heavy atom. The predicted octanol–water partition coefficient (Wildman–Crippen LogP) is 5.87. The Balaban J connectivity index is 1.39. The van der Waals surface area contributed by atoms with Crippen molar-refractivity contribution in [1.29, 1.82) is 0 Å². The number of rotatable bonds is 4. The van der Waals surface area contributed by atoms with E-state index in [9.17, 15) is 13.6 Å². The summed E-state index contributed by atoms with van der Waals surface area (Å²) in [5.74, 6) is -0.518. The Kier molecular flexibility index (Phi) is 5.52. The quantitative estimate of drug-likeness (QED) is 0.366. The normalized spacial score (nSPS) is 18.8. The van der Waals surface area contributed by atoms with Crippen LogP contribution in [-0.2, 0) is 12.8 Å². The molecule has 6 heteroatoms. The summed E-state index contributed by atoms with van der Waals surface area (Å²) >= 11 is 0. The fraction of sp³-hybridized carbons (Fsp3) is 0.200. The molecule has 1 unspecified atom stereocenters. The molecule has 1 fully saturated rings. The number of fused-ring (bicyclic) bond motifs is 2. The van der Waals surface area contributed by atoms with Crippen LogP contribution in [0.5, 0.6) is 0 Å². The van der Waals surface area contributed by atoms with Gasteiger partial charge in [0.15, 0.2) is 0 Å². The summed E-state index contributed by atoms with van der Waals surface area (Å²) in [4.78, 5) is 15.3. The number of carbonyl (C=O) groups is 1. The van der Waals surface area contributed by atoms with Crippen molar-refractivity contribution >= 4 is 12.0 Å². The molecule has 4 aromatic rings. The second-order valence-corrected chi connectivity index (χ2v) is 9.72. The molecule has 36 heavy (non-hydrogen) atoms. The third-order valence-electron chi connectivity index (χ3n) is 7.39. The third kappa shape index (κ3) is 4.02. The number of halogens is 2. The zero-order chi connectivity index (χ0) is 24.7. The van der Waals surface area contributed by atoms with Crippen LogP contribution in [0.1, 0.15) is 33.6 Å². The number of nitrogens with zero attached hydrogens (tertiary/aromatic N) is 3. The molecule has 0 radical (unpaired) electrons. The molecule has 1 saturated heterocycles. The van der Waals surface area contributed by atoms with Crippen LogP contribution in [0, 0.1) is 17.0 Å². The lowest BCUT2D eigenvalue weighted by Crippen LogP contribution is -2.50. The summed E-state index contributed by atoms with van der Waals surface area (Å²) < 4.78 is 29.0. The number of hydrogen-bond acceptors (Lipinski definition) is 2. The number of carbonyl (C=O) groups excluding carboxylic acids is 1. The molecule has 0 saturated carbocycles. The molecule has 180 valence electrons. The highest BCUT2D eigenvalue weighted by molar-refractivity contribution is 5.94. The second-order valence-electron chi connectivity index (χ2n) is 9.72. The van der Waals surface area contributed by atoms with Crippen LogP contribution in [0.15, 0.2) is 90.6 Å². The number of benzene rings is 3. The average molecular weight is 482 g/mol. The van der Waals surface area contributed by atoms with Crippen LogP contribution in [0.25, 0.3) is 11.8 Å². The average Bonchev–Trinajstić information content (AvgIpc) is 3.31. The van der Waals surface area contributed by atoms with Crippen molar-refractivity contribution in [2.75, 3.05) is 13.1 Å². The SMILES string of the molecule is O=C(c1ccccc1)N1CCC2=Cc3c(cnn3-c3ccc(F)cc3)CC2(Cc2ccc(F)cc2)C1. The van der Waals surface area contributed by atoms with Gasteiger partial charge in [0, 0.05) is 24.1 Å². The molecule has 2 aliphatic rings. The van der Waals surface area contributed by atoms with Crippen molar-refractivity contribution < 1.29 is 13.6 Å². The van der Waals surface area contributed by atoms with Gasteiger partial charge >= 0.3 is 0 Å². The van der Waals surface area contributed by atoms with Crippen LogP contribution < -0.4 is 0 Å². The minimum Gasteiger partial charge on any atom is -0.337 e. The van der Waals surface area contributed by atoms with E-state index >= 15 is 0 Å². The van der Waals surface area contributed by atoms with E-state index < -0.39 is 0 Å². The topological polar surface area (TPSA) is 38.1 Å². The van der Waals surface area contributed by atoms with E-state index in [0.29, 0.717) is 31.5 Å². The highest BCUT2D eigenvalue weighted by Crippen LogP contribution is 2.46.